The van der Waals surface area contributed by atoms with Crippen LogP contribution in [0.3, 0.4) is 0 Å². The molecule has 0 aromatic carbocycles. The van der Waals surface area contributed by atoms with E-state index in [0.29, 0.717) is 16.2 Å². The fourth-order valence-electron chi connectivity index (χ4n) is 1.86. The lowest BCUT2D eigenvalue weighted by Crippen LogP contribution is -2.26. The van der Waals surface area contributed by atoms with E-state index in [2.05, 4.69) is 15.4 Å². The lowest BCUT2D eigenvalue weighted by atomic mass is 9.91. The standard InChI is InChI=1S/C11H13ClN4/c12-10-5-11-14-7-15-16(11)6-9(10)8-1-3-13-4-2-8/h5-8,13H,1-4H2/i3D2,4D2. The van der Waals surface area contributed by atoms with Crippen LogP contribution in [0, 0.1) is 0 Å². The van der Waals surface area contributed by atoms with Gasteiger partial charge in [0.15, 0.2) is 5.65 Å². The molecule has 0 unspecified atom stereocenters. The molecule has 3 heterocycles. The van der Waals surface area contributed by atoms with Crippen LogP contribution in [0.15, 0.2) is 18.6 Å². The molecule has 1 fully saturated rings. The second kappa shape index (κ2) is 4.03. The first kappa shape index (κ1) is 6.57. The molecule has 0 saturated carbocycles. The number of aromatic nitrogens is 3. The summed E-state index contributed by atoms with van der Waals surface area (Å²) < 4.78 is 32.8. The van der Waals surface area contributed by atoms with Gasteiger partial charge in [-0.2, -0.15) is 5.10 Å². The van der Waals surface area contributed by atoms with Crippen molar-refractivity contribution in [3.8, 4) is 0 Å². The predicted molar refractivity (Wildman–Crippen MR) is 62.8 cm³/mol. The van der Waals surface area contributed by atoms with Gasteiger partial charge in [0.2, 0.25) is 0 Å². The van der Waals surface area contributed by atoms with Gasteiger partial charge in [-0.25, -0.2) is 9.50 Å². The smallest absolute Gasteiger partial charge is 0.156 e. The number of fused-ring (bicyclic) bond motifs is 1. The molecular formula is C11H13ClN4. The number of rotatable bonds is 1. The maximum atomic E-state index is 7.80. The number of nitrogens with zero attached hydrogens (tertiary/aromatic N) is 3. The van der Waals surface area contributed by atoms with Gasteiger partial charge in [-0.15, -0.1) is 0 Å². The Morgan fingerprint density at radius 3 is 3.12 bits per heavy atom. The van der Waals surface area contributed by atoms with Crippen LogP contribution >= 0.6 is 11.6 Å². The summed E-state index contributed by atoms with van der Waals surface area (Å²) in [6.45, 7) is -3.54. The van der Waals surface area contributed by atoms with Crippen molar-refractivity contribution in [2.75, 3.05) is 13.0 Å². The van der Waals surface area contributed by atoms with E-state index in [1.165, 1.54) is 6.33 Å². The molecule has 5 heteroatoms. The normalized spacial score (nSPS) is 28.1. The van der Waals surface area contributed by atoms with Crippen molar-refractivity contribution in [3.63, 3.8) is 0 Å². The van der Waals surface area contributed by atoms with Gasteiger partial charge in [0.25, 0.3) is 0 Å². The summed E-state index contributed by atoms with van der Waals surface area (Å²) in [6.07, 6.45) is 3.43. The molecule has 4 nitrogen and oxygen atoms in total. The first-order valence-electron chi connectivity index (χ1n) is 7.04. The van der Waals surface area contributed by atoms with Crippen LogP contribution in [-0.4, -0.2) is 27.6 Å². The largest absolute Gasteiger partial charge is 0.317 e. The summed E-state index contributed by atoms with van der Waals surface area (Å²) in [6, 6.07) is 1.66. The van der Waals surface area contributed by atoms with Crippen molar-refractivity contribution in [1.82, 2.24) is 19.9 Å². The number of piperidine rings is 1. The minimum atomic E-state index is -1.77. The van der Waals surface area contributed by atoms with E-state index in [-0.39, 0.29) is 18.8 Å². The van der Waals surface area contributed by atoms with Crippen LogP contribution in [0.2, 0.25) is 5.02 Å². The maximum Gasteiger partial charge on any atom is 0.156 e. The number of halogens is 1. The zero-order chi connectivity index (χ0) is 14.5. The topological polar surface area (TPSA) is 42.2 Å². The molecule has 0 amide bonds. The first-order valence-corrected chi connectivity index (χ1v) is 5.42. The third kappa shape index (κ3) is 1.68. The van der Waals surface area contributed by atoms with Gasteiger partial charge < -0.3 is 5.32 Å². The summed E-state index contributed by atoms with van der Waals surface area (Å²) >= 11 is 6.23. The third-order valence-corrected chi connectivity index (χ3v) is 3.03. The predicted octanol–water partition coefficient (Wildman–Crippen LogP) is 1.85. The Kier molecular flexibility index (Phi) is 1.66. The highest BCUT2D eigenvalue weighted by Crippen LogP contribution is 2.31. The summed E-state index contributed by atoms with van der Waals surface area (Å²) in [5.41, 5.74) is 1.30. The molecular weight excluding hydrogens is 224 g/mol. The van der Waals surface area contributed by atoms with Gasteiger partial charge in [0, 0.05) is 22.8 Å². The number of hydrogen-bond acceptors (Lipinski definition) is 3. The van der Waals surface area contributed by atoms with E-state index in [1.54, 1.807) is 16.8 Å². The van der Waals surface area contributed by atoms with Gasteiger partial charge in [0.1, 0.15) is 6.33 Å². The molecule has 2 aromatic heterocycles. The van der Waals surface area contributed by atoms with Gasteiger partial charge in [-0.3, -0.25) is 0 Å². The van der Waals surface area contributed by atoms with Crippen LogP contribution in [0.25, 0.3) is 5.65 Å². The van der Waals surface area contributed by atoms with E-state index in [9.17, 15) is 0 Å². The average molecular weight is 241 g/mol. The second-order valence-corrected chi connectivity index (χ2v) is 4.13. The SMILES string of the molecule is [2H]C1([2H])CC(c2cn3ncnc3cc2Cl)CC([2H])([2H])N1. The minimum absolute atomic E-state index is 0.159. The lowest BCUT2D eigenvalue weighted by Gasteiger charge is -2.23. The molecule has 1 saturated heterocycles. The van der Waals surface area contributed by atoms with Crippen LogP contribution in [-0.2, 0) is 0 Å². The fourth-order valence-corrected chi connectivity index (χ4v) is 2.16. The maximum absolute atomic E-state index is 7.80. The Balaban J connectivity index is 2.03. The first-order chi connectivity index (χ1) is 9.26. The molecule has 0 atom stereocenters. The highest BCUT2D eigenvalue weighted by Gasteiger charge is 2.18. The van der Waals surface area contributed by atoms with E-state index >= 15 is 0 Å². The zero-order valence-electron chi connectivity index (χ0n) is 12.4. The van der Waals surface area contributed by atoms with Gasteiger partial charge in [-0.1, -0.05) is 11.6 Å². The molecule has 1 aliphatic heterocycles. The van der Waals surface area contributed by atoms with Crippen molar-refractivity contribution >= 4 is 17.2 Å². The Morgan fingerprint density at radius 1 is 1.50 bits per heavy atom. The monoisotopic (exact) mass is 240 g/mol. The summed E-state index contributed by atoms with van der Waals surface area (Å²) in [4.78, 5) is 4.03. The molecule has 16 heavy (non-hydrogen) atoms. The Morgan fingerprint density at radius 2 is 2.31 bits per heavy atom. The van der Waals surface area contributed by atoms with E-state index < -0.39 is 13.0 Å². The van der Waals surface area contributed by atoms with Crippen LogP contribution < -0.4 is 5.32 Å². The van der Waals surface area contributed by atoms with E-state index in [0.717, 1.165) is 0 Å². The Bertz CT molecular complexity index is 641. The van der Waals surface area contributed by atoms with Crippen molar-refractivity contribution in [3.05, 3.63) is 29.2 Å². The van der Waals surface area contributed by atoms with Gasteiger partial charge >= 0.3 is 0 Å². The van der Waals surface area contributed by atoms with Gasteiger partial charge in [-0.05, 0) is 37.3 Å². The van der Waals surface area contributed by atoms with Crippen LogP contribution in [0.5, 0.6) is 0 Å². The fraction of sp³-hybridized carbons (Fsp3) is 0.455. The zero-order valence-corrected chi connectivity index (χ0v) is 9.20. The summed E-state index contributed by atoms with van der Waals surface area (Å²) in [7, 11) is 0. The lowest BCUT2D eigenvalue weighted by molar-refractivity contribution is 0.459. The molecule has 0 bridgehead atoms. The number of nitrogens with one attached hydrogen (secondary N) is 1. The average Bonchev–Trinajstić information content (AvgIpc) is 2.70. The summed E-state index contributed by atoms with van der Waals surface area (Å²) in [5, 5.41) is 6.87. The molecule has 1 aliphatic rings. The van der Waals surface area contributed by atoms with Crippen molar-refractivity contribution in [2.45, 2.75) is 18.8 Å². The van der Waals surface area contributed by atoms with Crippen molar-refractivity contribution in [1.29, 1.82) is 0 Å². The molecule has 84 valence electrons. The highest BCUT2D eigenvalue weighted by atomic mass is 35.5. The second-order valence-electron chi connectivity index (χ2n) is 3.72. The van der Waals surface area contributed by atoms with Crippen molar-refractivity contribution < 1.29 is 5.48 Å². The third-order valence-electron chi connectivity index (χ3n) is 2.71. The number of pyridine rings is 1. The molecule has 1 N–H and O–H groups in total. The van der Waals surface area contributed by atoms with Gasteiger partial charge in [0.05, 0.1) is 0 Å². The Hall–Kier alpha value is -1.13. The molecule has 0 aliphatic carbocycles. The van der Waals surface area contributed by atoms with E-state index in [4.69, 9.17) is 17.1 Å². The number of hydrogen-bond donors (Lipinski definition) is 1. The minimum Gasteiger partial charge on any atom is -0.317 e. The molecule has 0 radical (unpaired) electrons. The molecule has 2 aromatic rings. The molecule has 3 rings (SSSR count). The summed E-state index contributed by atoms with van der Waals surface area (Å²) in [5.74, 6) is -0.317. The highest BCUT2D eigenvalue weighted by molar-refractivity contribution is 6.31. The van der Waals surface area contributed by atoms with Crippen molar-refractivity contribution in [2.24, 2.45) is 0 Å². The van der Waals surface area contributed by atoms with Crippen LogP contribution in [0.4, 0.5) is 0 Å². The Labute approximate surface area is 104 Å². The molecule has 0 spiro atoms. The quantitative estimate of drug-likeness (QED) is 0.827. The van der Waals surface area contributed by atoms with Crippen LogP contribution in [0.1, 0.15) is 29.8 Å². The van der Waals surface area contributed by atoms with E-state index in [1.807, 2.05) is 0 Å².